The van der Waals surface area contributed by atoms with E-state index in [1.54, 1.807) is 13.2 Å². The second-order valence-electron chi connectivity index (χ2n) is 3.64. The minimum Gasteiger partial charge on any atom is -0.491 e. The SMILES string of the molecule is CNC(=O)CCOc1cnc2ccccc2c1. The third kappa shape index (κ3) is 2.93. The van der Waals surface area contributed by atoms with Crippen molar-refractivity contribution < 1.29 is 9.53 Å². The van der Waals surface area contributed by atoms with Gasteiger partial charge in [0.25, 0.3) is 0 Å². The predicted molar refractivity (Wildman–Crippen MR) is 65.9 cm³/mol. The number of fused-ring (bicyclic) bond motifs is 1. The fourth-order valence-corrected chi connectivity index (χ4v) is 1.52. The van der Waals surface area contributed by atoms with Gasteiger partial charge in [-0.15, -0.1) is 0 Å². The molecule has 0 atom stereocenters. The van der Waals surface area contributed by atoms with Crippen molar-refractivity contribution in [3.63, 3.8) is 0 Å². The zero-order valence-electron chi connectivity index (χ0n) is 9.64. The first-order chi connectivity index (χ1) is 8.29. The van der Waals surface area contributed by atoms with E-state index in [1.165, 1.54) is 0 Å². The maximum atomic E-state index is 11.0. The summed E-state index contributed by atoms with van der Waals surface area (Å²) < 4.78 is 5.46. The van der Waals surface area contributed by atoms with Gasteiger partial charge in [0.05, 0.1) is 24.7 Å². The number of hydrogen-bond donors (Lipinski definition) is 1. The highest BCUT2D eigenvalue weighted by Crippen LogP contribution is 2.17. The van der Waals surface area contributed by atoms with Gasteiger partial charge in [0.2, 0.25) is 5.91 Å². The van der Waals surface area contributed by atoms with E-state index in [-0.39, 0.29) is 5.91 Å². The monoisotopic (exact) mass is 230 g/mol. The van der Waals surface area contributed by atoms with Gasteiger partial charge in [-0.25, -0.2) is 0 Å². The topological polar surface area (TPSA) is 51.2 Å². The minimum atomic E-state index is -0.0289. The Labute approximate surface area is 99.6 Å². The number of para-hydroxylation sites is 1. The Morgan fingerprint density at radius 3 is 3.06 bits per heavy atom. The molecule has 1 heterocycles. The molecule has 17 heavy (non-hydrogen) atoms. The second kappa shape index (κ2) is 5.30. The van der Waals surface area contributed by atoms with E-state index in [2.05, 4.69) is 10.3 Å². The number of hydrogen-bond acceptors (Lipinski definition) is 3. The molecule has 4 heteroatoms. The Morgan fingerprint density at radius 1 is 1.41 bits per heavy atom. The van der Waals surface area contributed by atoms with Crippen molar-refractivity contribution in [2.45, 2.75) is 6.42 Å². The molecule has 2 aromatic rings. The van der Waals surface area contributed by atoms with E-state index in [0.717, 1.165) is 10.9 Å². The fourth-order valence-electron chi connectivity index (χ4n) is 1.52. The molecule has 0 radical (unpaired) electrons. The molecule has 0 aliphatic rings. The molecule has 4 nitrogen and oxygen atoms in total. The molecule has 0 fully saturated rings. The van der Waals surface area contributed by atoms with Crippen LogP contribution in [0.25, 0.3) is 10.9 Å². The lowest BCUT2D eigenvalue weighted by molar-refractivity contribution is -0.121. The van der Waals surface area contributed by atoms with Crippen LogP contribution in [0.2, 0.25) is 0 Å². The van der Waals surface area contributed by atoms with Gasteiger partial charge in [-0.2, -0.15) is 0 Å². The van der Waals surface area contributed by atoms with Crippen molar-refractivity contribution >= 4 is 16.8 Å². The van der Waals surface area contributed by atoms with Gasteiger partial charge in [0, 0.05) is 12.4 Å². The quantitative estimate of drug-likeness (QED) is 0.870. The van der Waals surface area contributed by atoms with Crippen molar-refractivity contribution in [1.29, 1.82) is 0 Å². The fraction of sp³-hybridized carbons (Fsp3) is 0.231. The van der Waals surface area contributed by atoms with Crippen molar-refractivity contribution in [3.8, 4) is 5.75 Å². The maximum absolute atomic E-state index is 11.0. The number of nitrogens with zero attached hydrogens (tertiary/aromatic N) is 1. The average Bonchev–Trinajstić information content (AvgIpc) is 2.38. The van der Waals surface area contributed by atoms with Gasteiger partial charge in [0.1, 0.15) is 5.75 Å². The Bertz CT molecular complexity index is 526. The lowest BCUT2D eigenvalue weighted by atomic mass is 10.2. The van der Waals surface area contributed by atoms with E-state index >= 15 is 0 Å². The molecule has 1 aromatic heterocycles. The van der Waals surface area contributed by atoms with Crippen LogP contribution in [0.5, 0.6) is 5.75 Å². The molecular formula is C13H14N2O2. The number of carbonyl (C=O) groups excluding carboxylic acids is 1. The lowest BCUT2D eigenvalue weighted by Crippen LogP contribution is -2.20. The Hall–Kier alpha value is -2.10. The van der Waals surface area contributed by atoms with Crippen LogP contribution in [0.4, 0.5) is 0 Å². The first-order valence-electron chi connectivity index (χ1n) is 5.48. The van der Waals surface area contributed by atoms with Crippen LogP contribution in [-0.2, 0) is 4.79 Å². The third-order valence-corrected chi connectivity index (χ3v) is 2.44. The Balaban J connectivity index is 2.02. The molecule has 0 unspecified atom stereocenters. The van der Waals surface area contributed by atoms with E-state index in [9.17, 15) is 4.79 Å². The van der Waals surface area contributed by atoms with Gasteiger partial charge in [0.15, 0.2) is 0 Å². The Kier molecular flexibility index (Phi) is 3.55. The number of pyridine rings is 1. The Morgan fingerprint density at radius 2 is 2.24 bits per heavy atom. The number of rotatable bonds is 4. The van der Waals surface area contributed by atoms with Crippen LogP contribution in [0, 0.1) is 0 Å². The van der Waals surface area contributed by atoms with Gasteiger partial charge in [-0.1, -0.05) is 18.2 Å². The summed E-state index contributed by atoms with van der Waals surface area (Å²) in [6, 6.07) is 9.75. The van der Waals surface area contributed by atoms with Crippen molar-refractivity contribution in [2.24, 2.45) is 0 Å². The standard InChI is InChI=1S/C13H14N2O2/c1-14-13(16)6-7-17-11-8-10-4-2-3-5-12(10)15-9-11/h2-5,8-9H,6-7H2,1H3,(H,14,16). The number of benzene rings is 1. The summed E-state index contributed by atoms with van der Waals surface area (Å²) in [6.45, 7) is 0.361. The van der Waals surface area contributed by atoms with Gasteiger partial charge in [-0.05, 0) is 12.1 Å². The first-order valence-corrected chi connectivity index (χ1v) is 5.48. The minimum absolute atomic E-state index is 0.0289. The van der Waals surface area contributed by atoms with Crippen molar-refractivity contribution in [2.75, 3.05) is 13.7 Å². The molecule has 0 aliphatic carbocycles. The van der Waals surface area contributed by atoms with E-state index in [1.807, 2.05) is 30.3 Å². The summed E-state index contributed by atoms with van der Waals surface area (Å²) in [5.74, 6) is 0.659. The van der Waals surface area contributed by atoms with Crippen LogP contribution in [0.15, 0.2) is 36.5 Å². The number of amides is 1. The summed E-state index contributed by atoms with van der Waals surface area (Å²) in [6.07, 6.45) is 2.02. The molecular weight excluding hydrogens is 216 g/mol. The van der Waals surface area contributed by atoms with E-state index in [4.69, 9.17) is 4.74 Å². The normalized spacial score (nSPS) is 10.2. The highest BCUT2D eigenvalue weighted by Gasteiger charge is 2.00. The summed E-state index contributed by atoms with van der Waals surface area (Å²) >= 11 is 0. The predicted octanol–water partition coefficient (Wildman–Crippen LogP) is 1.75. The summed E-state index contributed by atoms with van der Waals surface area (Å²) in [5.41, 5.74) is 0.936. The van der Waals surface area contributed by atoms with Crippen LogP contribution < -0.4 is 10.1 Å². The van der Waals surface area contributed by atoms with E-state index in [0.29, 0.717) is 18.8 Å². The zero-order chi connectivity index (χ0) is 12.1. The smallest absolute Gasteiger partial charge is 0.223 e. The highest BCUT2D eigenvalue weighted by atomic mass is 16.5. The molecule has 2 rings (SSSR count). The zero-order valence-corrected chi connectivity index (χ0v) is 9.64. The summed E-state index contributed by atoms with van der Waals surface area (Å²) in [7, 11) is 1.61. The van der Waals surface area contributed by atoms with Crippen LogP contribution in [-0.4, -0.2) is 24.5 Å². The molecule has 1 aromatic carbocycles. The first kappa shape index (κ1) is 11.4. The second-order valence-corrected chi connectivity index (χ2v) is 3.64. The highest BCUT2D eigenvalue weighted by molar-refractivity contribution is 5.79. The molecule has 0 aliphatic heterocycles. The third-order valence-electron chi connectivity index (χ3n) is 2.44. The lowest BCUT2D eigenvalue weighted by Gasteiger charge is -2.06. The van der Waals surface area contributed by atoms with Gasteiger partial charge < -0.3 is 10.1 Å². The molecule has 0 saturated carbocycles. The van der Waals surface area contributed by atoms with Crippen LogP contribution in [0.1, 0.15) is 6.42 Å². The molecule has 0 saturated heterocycles. The molecule has 1 amide bonds. The van der Waals surface area contributed by atoms with Crippen LogP contribution in [0.3, 0.4) is 0 Å². The van der Waals surface area contributed by atoms with E-state index < -0.39 is 0 Å². The molecule has 1 N–H and O–H groups in total. The average molecular weight is 230 g/mol. The van der Waals surface area contributed by atoms with Crippen molar-refractivity contribution in [3.05, 3.63) is 36.5 Å². The number of nitrogens with one attached hydrogen (secondary N) is 1. The summed E-state index contributed by atoms with van der Waals surface area (Å²) in [4.78, 5) is 15.3. The largest absolute Gasteiger partial charge is 0.491 e. The number of aromatic nitrogens is 1. The number of ether oxygens (including phenoxy) is 1. The molecule has 0 bridgehead atoms. The number of carbonyl (C=O) groups is 1. The van der Waals surface area contributed by atoms with Gasteiger partial charge >= 0.3 is 0 Å². The summed E-state index contributed by atoms with van der Waals surface area (Å²) in [5, 5.41) is 3.58. The molecule has 88 valence electrons. The van der Waals surface area contributed by atoms with Gasteiger partial charge in [-0.3, -0.25) is 9.78 Å². The molecule has 0 spiro atoms. The maximum Gasteiger partial charge on any atom is 0.223 e. The van der Waals surface area contributed by atoms with Crippen molar-refractivity contribution in [1.82, 2.24) is 10.3 Å². The van der Waals surface area contributed by atoms with Crippen LogP contribution >= 0.6 is 0 Å².